The number of benzene rings is 1. The van der Waals surface area contributed by atoms with Gasteiger partial charge in [0.05, 0.1) is 5.52 Å². The molecule has 3 heteroatoms. The van der Waals surface area contributed by atoms with Crippen LogP contribution in [0.1, 0.15) is 18.4 Å². The molecule has 0 aliphatic carbocycles. The predicted octanol–water partition coefficient (Wildman–Crippen LogP) is 2.04. The molecule has 1 unspecified atom stereocenters. The molecule has 3 aliphatic rings. The van der Waals surface area contributed by atoms with Crippen LogP contribution < -0.4 is 0 Å². The van der Waals surface area contributed by atoms with Gasteiger partial charge in [-0.05, 0) is 38.1 Å². The summed E-state index contributed by atoms with van der Waals surface area (Å²) in [4.78, 5) is 6.73. The maximum Gasteiger partial charge on any atom is 0.141 e. The molecule has 1 N–H and O–H groups in total. The molecular formula is C18H18N2O. The summed E-state index contributed by atoms with van der Waals surface area (Å²) >= 11 is 0. The summed E-state index contributed by atoms with van der Waals surface area (Å²) in [7, 11) is 0. The Balaban J connectivity index is 1.65. The molecule has 3 saturated heterocycles. The van der Waals surface area contributed by atoms with Crippen LogP contribution in [-0.2, 0) is 0 Å². The Morgan fingerprint density at radius 1 is 1.24 bits per heavy atom. The van der Waals surface area contributed by atoms with Crippen LogP contribution in [0.5, 0.6) is 0 Å². The quantitative estimate of drug-likeness (QED) is 0.749. The molecule has 0 amide bonds. The highest BCUT2D eigenvalue weighted by molar-refractivity contribution is 5.79. The van der Waals surface area contributed by atoms with E-state index in [0.717, 1.165) is 42.4 Å². The first kappa shape index (κ1) is 12.8. The molecule has 21 heavy (non-hydrogen) atoms. The third-order valence-corrected chi connectivity index (χ3v) is 4.74. The molecule has 2 bridgehead atoms. The van der Waals surface area contributed by atoms with Crippen molar-refractivity contribution >= 4 is 10.9 Å². The van der Waals surface area contributed by atoms with E-state index >= 15 is 0 Å². The van der Waals surface area contributed by atoms with Crippen LogP contribution in [0.15, 0.2) is 36.5 Å². The zero-order valence-corrected chi connectivity index (χ0v) is 11.9. The minimum absolute atomic E-state index is 0.323. The number of aromatic nitrogens is 1. The topological polar surface area (TPSA) is 36.4 Å². The summed E-state index contributed by atoms with van der Waals surface area (Å²) in [6.07, 6.45) is 3.91. The lowest BCUT2D eigenvalue weighted by Crippen LogP contribution is -2.58. The molecule has 106 valence electrons. The maximum absolute atomic E-state index is 10.8. The molecule has 3 nitrogen and oxygen atoms in total. The lowest BCUT2D eigenvalue weighted by Gasteiger charge is -2.47. The van der Waals surface area contributed by atoms with Gasteiger partial charge in [-0.25, -0.2) is 0 Å². The van der Waals surface area contributed by atoms with Gasteiger partial charge in [0.15, 0.2) is 0 Å². The van der Waals surface area contributed by atoms with Gasteiger partial charge in [-0.2, -0.15) is 0 Å². The standard InChI is InChI=1S/C18H18N2O/c21-18(13-20-9-6-16(18)7-10-20)8-5-14-11-15-3-1-2-4-17(15)19-12-14/h1-4,11-12,16,21H,6-7,9-10,13H2. The average Bonchev–Trinajstić information content (AvgIpc) is 2.54. The van der Waals surface area contributed by atoms with Crippen molar-refractivity contribution in [2.75, 3.05) is 19.6 Å². The molecule has 0 saturated carbocycles. The number of hydrogen-bond donors (Lipinski definition) is 1. The Morgan fingerprint density at radius 2 is 2.05 bits per heavy atom. The Morgan fingerprint density at radius 3 is 2.81 bits per heavy atom. The summed E-state index contributed by atoms with van der Waals surface area (Å²) in [5.41, 5.74) is 1.01. The molecule has 2 aromatic rings. The summed E-state index contributed by atoms with van der Waals surface area (Å²) in [6, 6.07) is 10.1. The Labute approximate surface area is 124 Å². The van der Waals surface area contributed by atoms with Gasteiger partial charge in [-0.3, -0.25) is 9.88 Å². The number of pyridine rings is 1. The van der Waals surface area contributed by atoms with E-state index in [0.29, 0.717) is 12.5 Å². The second-order valence-corrected chi connectivity index (χ2v) is 6.14. The van der Waals surface area contributed by atoms with Crippen LogP contribution in [0.2, 0.25) is 0 Å². The van der Waals surface area contributed by atoms with Crippen LogP contribution >= 0.6 is 0 Å². The fourth-order valence-electron chi connectivity index (χ4n) is 3.50. The van der Waals surface area contributed by atoms with E-state index in [1.807, 2.05) is 30.3 Å². The van der Waals surface area contributed by atoms with E-state index < -0.39 is 5.60 Å². The number of aliphatic hydroxyl groups is 1. The van der Waals surface area contributed by atoms with Crippen LogP contribution in [0, 0.1) is 17.8 Å². The molecule has 0 radical (unpaired) electrons. The third-order valence-electron chi connectivity index (χ3n) is 4.74. The second-order valence-electron chi connectivity index (χ2n) is 6.14. The van der Waals surface area contributed by atoms with Crippen LogP contribution in [0.25, 0.3) is 10.9 Å². The molecular weight excluding hydrogens is 260 g/mol. The third kappa shape index (κ3) is 2.31. The molecule has 3 fully saturated rings. The number of para-hydroxylation sites is 1. The van der Waals surface area contributed by atoms with Gasteiger partial charge in [-0.15, -0.1) is 0 Å². The van der Waals surface area contributed by atoms with Gasteiger partial charge in [0, 0.05) is 29.6 Å². The van der Waals surface area contributed by atoms with E-state index in [-0.39, 0.29) is 0 Å². The van der Waals surface area contributed by atoms with Crippen molar-refractivity contribution in [3.05, 3.63) is 42.1 Å². The van der Waals surface area contributed by atoms with Crippen LogP contribution in [0.3, 0.4) is 0 Å². The number of fused-ring (bicyclic) bond motifs is 4. The number of hydrogen-bond acceptors (Lipinski definition) is 3. The highest BCUT2D eigenvalue weighted by Gasteiger charge is 2.44. The molecule has 1 aromatic heterocycles. The largest absolute Gasteiger partial charge is 0.376 e. The Kier molecular flexibility index (Phi) is 2.95. The average molecular weight is 278 g/mol. The summed E-state index contributed by atoms with van der Waals surface area (Å²) in [5, 5.41) is 11.9. The number of piperidine rings is 3. The van der Waals surface area contributed by atoms with Crippen LogP contribution in [-0.4, -0.2) is 40.2 Å². The molecule has 3 aliphatic heterocycles. The smallest absolute Gasteiger partial charge is 0.141 e. The van der Waals surface area contributed by atoms with Crippen molar-refractivity contribution in [3.63, 3.8) is 0 Å². The first-order chi connectivity index (χ1) is 10.2. The monoisotopic (exact) mass is 278 g/mol. The normalized spacial score (nSPS) is 30.9. The van der Waals surface area contributed by atoms with Crippen molar-refractivity contribution in [1.29, 1.82) is 0 Å². The summed E-state index contributed by atoms with van der Waals surface area (Å²) < 4.78 is 0. The zero-order chi connectivity index (χ0) is 14.3. The zero-order valence-electron chi connectivity index (χ0n) is 11.9. The van der Waals surface area contributed by atoms with Gasteiger partial charge in [0.2, 0.25) is 0 Å². The molecule has 4 heterocycles. The first-order valence-corrected chi connectivity index (χ1v) is 7.56. The number of nitrogens with zero attached hydrogens (tertiary/aromatic N) is 2. The molecule has 1 aromatic carbocycles. The minimum Gasteiger partial charge on any atom is -0.376 e. The van der Waals surface area contributed by atoms with Gasteiger partial charge < -0.3 is 5.11 Å². The van der Waals surface area contributed by atoms with Crippen LogP contribution in [0.4, 0.5) is 0 Å². The van der Waals surface area contributed by atoms with Gasteiger partial charge in [-0.1, -0.05) is 30.0 Å². The van der Waals surface area contributed by atoms with Crippen molar-refractivity contribution in [1.82, 2.24) is 9.88 Å². The van der Waals surface area contributed by atoms with Crippen molar-refractivity contribution < 1.29 is 5.11 Å². The minimum atomic E-state index is -0.845. The van der Waals surface area contributed by atoms with E-state index in [1.165, 1.54) is 0 Å². The maximum atomic E-state index is 10.8. The number of rotatable bonds is 0. The lowest BCUT2D eigenvalue weighted by atomic mass is 9.76. The highest BCUT2D eigenvalue weighted by atomic mass is 16.3. The SMILES string of the molecule is OC1(C#Cc2cnc3ccccc3c2)CN2CCC1CC2. The van der Waals surface area contributed by atoms with E-state index in [1.54, 1.807) is 6.20 Å². The molecule has 1 atom stereocenters. The summed E-state index contributed by atoms with van der Waals surface area (Å²) in [5.74, 6) is 6.60. The fourth-order valence-corrected chi connectivity index (χ4v) is 3.50. The second kappa shape index (κ2) is 4.84. The van der Waals surface area contributed by atoms with Gasteiger partial charge in [0.25, 0.3) is 0 Å². The molecule has 5 rings (SSSR count). The fraction of sp³-hybridized carbons (Fsp3) is 0.389. The van der Waals surface area contributed by atoms with E-state index in [9.17, 15) is 5.11 Å². The Bertz CT molecular complexity index is 737. The summed E-state index contributed by atoms with van der Waals surface area (Å²) in [6.45, 7) is 2.89. The van der Waals surface area contributed by atoms with Crippen molar-refractivity contribution in [2.45, 2.75) is 18.4 Å². The van der Waals surface area contributed by atoms with Gasteiger partial charge >= 0.3 is 0 Å². The first-order valence-electron chi connectivity index (χ1n) is 7.56. The predicted molar refractivity (Wildman–Crippen MR) is 82.7 cm³/mol. The van der Waals surface area contributed by atoms with E-state index in [4.69, 9.17) is 0 Å². The van der Waals surface area contributed by atoms with E-state index in [2.05, 4.69) is 21.7 Å². The Hall–Kier alpha value is -1.89. The van der Waals surface area contributed by atoms with Crippen molar-refractivity contribution in [3.8, 4) is 11.8 Å². The van der Waals surface area contributed by atoms with Crippen molar-refractivity contribution in [2.24, 2.45) is 5.92 Å². The van der Waals surface area contributed by atoms with Gasteiger partial charge in [0.1, 0.15) is 5.60 Å². The lowest BCUT2D eigenvalue weighted by molar-refractivity contribution is -0.0713. The highest BCUT2D eigenvalue weighted by Crippen LogP contribution is 2.35. The molecule has 0 spiro atoms.